The van der Waals surface area contributed by atoms with Crippen molar-refractivity contribution in [2.75, 3.05) is 5.32 Å². The Balaban J connectivity index is 2.25. The normalized spacial score (nSPS) is 10.3. The molecule has 2 rings (SSSR count). The molecule has 1 N–H and O–H groups in total. The molecule has 98 valence electrons. The van der Waals surface area contributed by atoms with Crippen molar-refractivity contribution in [2.45, 2.75) is 20.0 Å². The number of nitriles is 1. The van der Waals surface area contributed by atoms with Crippen LogP contribution in [0, 0.1) is 11.3 Å². The number of rotatable bonds is 4. The number of hydrogen-bond donors (Lipinski definition) is 1. The van der Waals surface area contributed by atoms with Gasteiger partial charge < -0.3 is 10.1 Å². The molecule has 7 nitrogen and oxygen atoms in total. The molecule has 0 amide bonds. The summed E-state index contributed by atoms with van der Waals surface area (Å²) in [6.07, 6.45) is 3.30. The molecule has 0 unspecified atom stereocenters. The molecule has 0 saturated heterocycles. The molecule has 0 bridgehead atoms. The average Bonchev–Trinajstić information content (AvgIpc) is 2.69. The molecule has 0 spiro atoms. The number of ether oxygens (including phenoxy) is 1. The van der Waals surface area contributed by atoms with E-state index in [1.165, 1.54) is 6.20 Å². The summed E-state index contributed by atoms with van der Waals surface area (Å²) in [6, 6.07) is 3.50. The van der Waals surface area contributed by atoms with Crippen LogP contribution in [-0.2, 0) is 7.05 Å². The Kier molecular flexibility index (Phi) is 3.61. The Morgan fingerprint density at radius 1 is 1.47 bits per heavy atom. The van der Waals surface area contributed by atoms with Crippen molar-refractivity contribution in [2.24, 2.45) is 7.05 Å². The van der Waals surface area contributed by atoms with Gasteiger partial charge in [-0.3, -0.25) is 4.68 Å². The van der Waals surface area contributed by atoms with E-state index in [0.29, 0.717) is 23.2 Å². The fraction of sp³-hybridized carbons (Fsp3) is 0.333. The Labute approximate surface area is 110 Å². The Hall–Kier alpha value is -2.62. The van der Waals surface area contributed by atoms with E-state index >= 15 is 0 Å². The van der Waals surface area contributed by atoms with Gasteiger partial charge in [-0.1, -0.05) is 0 Å². The van der Waals surface area contributed by atoms with Gasteiger partial charge in [0.1, 0.15) is 17.5 Å². The van der Waals surface area contributed by atoms with Gasteiger partial charge in [-0.25, -0.2) is 9.97 Å². The first-order chi connectivity index (χ1) is 9.08. The van der Waals surface area contributed by atoms with Crippen LogP contribution in [0.5, 0.6) is 5.88 Å². The molecule has 2 aromatic heterocycles. The summed E-state index contributed by atoms with van der Waals surface area (Å²) < 4.78 is 7.21. The number of aromatic nitrogens is 4. The summed E-state index contributed by atoms with van der Waals surface area (Å²) in [5.41, 5.74) is 0.957. The molecular weight excluding hydrogens is 244 g/mol. The van der Waals surface area contributed by atoms with Gasteiger partial charge in [0.05, 0.1) is 12.3 Å². The molecule has 0 radical (unpaired) electrons. The maximum Gasteiger partial charge on any atom is 0.257 e. The topological polar surface area (TPSA) is 88.6 Å². The lowest BCUT2D eigenvalue weighted by molar-refractivity contribution is 0.232. The van der Waals surface area contributed by atoms with Crippen molar-refractivity contribution in [1.82, 2.24) is 19.7 Å². The molecule has 0 aliphatic carbocycles. The van der Waals surface area contributed by atoms with Gasteiger partial charge in [-0.05, 0) is 19.9 Å². The zero-order valence-corrected chi connectivity index (χ0v) is 11.0. The number of aryl methyl sites for hydroxylation is 1. The zero-order chi connectivity index (χ0) is 13.8. The van der Waals surface area contributed by atoms with Crippen LogP contribution in [0.1, 0.15) is 19.5 Å². The van der Waals surface area contributed by atoms with Crippen molar-refractivity contribution in [3.05, 3.63) is 24.2 Å². The maximum atomic E-state index is 8.80. The van der Waals surface area contributed by atoms with Gasteiger partial charge in [0.2, 0.25) is 5.95 Å². The van der Waals surface area contributed by atoms with Crippen LogP contribution in [0.4, 0.5) is 11.6 Å². The fourth-order valence-electron chi connectivity index (χ4n) is 1.47. The maximum absolute atomic E-state index is 8.80. The molecule has 7 heteroatoms. The van der Waals surface area contributed by atoms with E-state index < -0.39 is 0 Å². The monoisotopic (exact) mass is 258 g/mol. The van der Waals surface area contributed by atoms with Crippen molar-refractivity contribution in [3.63, 3.8) is 0 Å². The highest BCUT2D eigenvalue weighted by Gasteiger charge is 2.12. The number of nitrogens with one attached hydrogen (secondary N) is 1. The number of anilines is 2. The van der Waals surface area contributed by atoms with Gasteiger partial charge >= 0.3 is 0 Å². The van der Waals surface area contributed by atoms with Crippen LogP contribution in [0.15, 0.2) is 18.5 Å². The van der Waals surface area contributed by atoms with Crippen molar-refractivity contribution in [1.29, 1.82) is 5.26 Å². The first-order valence-electron chi connectivity index (χ1n) is 5.79. The highest BCUT2D eigenvalue weighted by atomic mass is 16.5. The largest absolute Gasteiger partial charge is 0.472 e. The first kappa shape index (κ1) is 12.8. The van der Waals surface area contributed by atoms with E-state index in [1.54, 1.807) is 24.0 Å². The quantitative estimate of drug-likeness (QED) is 0.896. The summed E-state index contributed by atoms with van der Waals surface area (Å²) >= 11 is 0. The van der Waals surface area contributed by atoms with Gasteiger partial charge in [-0.2, -0.15) is 5.26 Å². The standard InChI is InChI=1S/C12H14N6O/c1-8(2)19-11-10(7-18(3)17-11)16-12-14-5-4-9(6-13)15-12/h4-5,7-8H,1-3H3,(H,14,15,16). The van der Waals surface area contributed by atoms with Crippen LogP contribution < -0.4 is 10.1 Å². The van der Waals surface area contributed by atoms with Crippen molar-refractivity contribution >= 4 is 11.6 Å². The summed E-state index contributed by atoms with van der Waals surface area (Å²) in [5, 5.41) is 16.0. The third-order valence-electron chi connectivity index (χ3n) is 2.16. The first-order valence-corrected chi connectivity index (χ1v) is 5.79. The van der Waals surface area contributed by atoms with Crippen molar-refractivity contribution < 1.29 is 4.74 Å². The van der Waals surface area contributed by atoms with Crippen LogP contribution >= 0.6 is 0 Å². The smallest absolute Gasteiger partial charge is 0.257 e. The van der Waals surface area contributed by atoms with E-state index in [1.807, 2.05) is 19.9 Å². The van der Waals surface area contributed by atoms with E-state index in [2.05, 4.69) is 20.4 Å². The number of hydrogen-bond acceptors (Lipinski definition) is 6. The summed E-state index contributed by atoms with van der Waals surface area (Å²) in [6.45, 7) is 3.84. The van der Waals surface area contributed by atoms with Gasteiger partial charge in [0.25, 0.3) is 5.88 Å². The van der Waals surface area contributed by atoms with Gasteiger partial charge in [-0.15, -0.1) is 5.10 Å². The lowest BCUT2D eigenvalue weighted by Gasteiger charge is -2.09. The average molecular weight is 258 g/mol. The summed E-state index contributed by atoms with van der Waals surface area (Å²) in [5.74, 6) is 0.809. The lowest BCUT2D eigenvalue weighted by atomic mass is 10.4. The lowest BCUT2D eigenvalue weighted by Crippen LogP contribution is -2.08. The van der Waals surface area contributed by atoms with Crippen LogP contribution in [0.25, 0.3) is 0 Å². The molecule has 0 fully saturated rings. The molecule has 0 saturated carbocycles. The van der Waals surface area contributed by atoms with E-state index in [4.69, 9.17) is 10.00 Å². The summed E-state index contributed by atoms with van der Waals surface area (Å²) in [7, 11) is 1.80. The molecule has 0 aliphatic rings. The molecule has 19 heavy (non-hydrogen) atoms. The second-order valence-electron chi connectivity index (χ2n) is 4.19. The second kappa shape index (κ2) is 5.35. The number of nitrogens with zero attached hydrogens (tertiary/aromatic N) is 5. The summed E-state index contributed by atoms with van der Waals surface area (Å²) in [4.78, 5) is 8.09. The van der Waals surface area contributed by atoms with E-state index in [-0.39, 0.29) is 6.10 Å². The molecular formula is C12H14N6O. The highest BCUT2D eigenvalue weighted by Crippen LogP contribution is 2.25. The van der Waals surface area contributed by atoms with E-state index in [0.717, 1.165) is 0 Å². The van der Waals surface area contributed by atoms with Crippen LogP contribution in [0.3, 0.4) is 0 Å². The molecule has 2 aromatic rings. The molecule has 0 aliphatic heterocycles. The molecule has 0 atom stereocenters. The van der Waals surface area contributed by atoms with Crippen molar-refractivity contribution in [3.8, 4) is 11.9 Å². The fourth-order valence-corrected chi connectivity index (χ4v) is 1.47. The zero-order valence-electron chi connectivity index (χ0n) is 11.0. The van der Waals surface area contributed by atoms with E-state index in [9.17, 15) is 0 Å². The third-order valence-corrected chi connectivity index (χ3v) is 2.16. The van der Waals surface area contributed by atoms with Gasteiger partial charge in [0, 0.05) is 13.2 Å². The predicted molar refractivity (Wildman–Crippen MR) is 69.0 cm³/mol. The second-order valence-corrected chi connectivity index (χ2v) is 4.19. The minimum Gasteiger partial charge on any atom is -0.472 e. The third kappa shape index (κ3) is 3.19. The van der Waals surface area contributed by atoms with Gasteiger partial charge in [0.15, 0.2) is 0 Å². The SMILES string of the molecule is CC(C)Oc1nn(C)cc1Nc1nccc(C#N)n1. The van der Waals surface area contributed by atoms with Crippen LogP contribution in [-0.4, -0.2) is 25.9 Å². The molecule has 2 heterocycles. The predicted octanol–water partition coefficient (Wildman–Crippen LogP) is 1.61. The molecule has 0 aromatic carbocycles. The highest BCUT2D eigenvalue weighted by molar-refractivity contribution is 5.59. The Morgan fingerprint density at radius 2 is 2.26 bits per heavy atom. The Bertz CT molecular complexity index is 613. The minimum atomic E-state index is 0.0156. The Morgan fingerprint density at radius 3 is 2.95 bits per heavy atom. The van der Waals surface area contributed by atoms with Crippen LogP contribution in [0.2, 0.25) is 0 Å². The minimum absolute atomic E-state index is 0.0156.